The molecule has 2 atom stereocenters. The molecule has 0 radical (unpaired) electrons. The van der Waals surface area contributed by atoms with Crippen molar-refractivity contribution in [3.8, 4) is 17.6 Å². The van der Waals surface area contributed by atoms with E-state index in [0.717, 1.165) is 11.1 Å². The summed E-state index contributed by atoms with van der Waals surface area (Å²) in [6, 6.07) is 31.3. The molecule has 2 unspecified atom stereocenters. The molecule has 0 saturated carbocycles. The number of nitrogens with one attached hydrogen (secondary N) is 3. The van der Waals surface area contributed by atoms with Gasteiger partial charge in [-0.25, -0.2) is 9.18 Å². The van der Waals surface area contributed by atoms with Gasteiger partial charge >= 0.3 is 6.09 Å². The van der Waals surface area contributed by atoms with E-state index < -0.39 is 12.0 Å². The van der Waals surface area contributed by atoms with E-state index in [9.17, 15) is 14.4 Å². The van der Waals surface area contributed by atoms with E-state index in [1.54, 1.807) is 30.3 Å². The molecule has 0 aromatic heterocycles. The largest absolute Gasteiger partial charge is 0.457 e. The molecule has 0 aliphatic carbocycles. The summed E-state index contributed by atoms with van der Waals surface area (Å²) in [4.78, 5) is 17.1. The third kappa shape index (κ3) is 6.98. The molecule has 42 heavy (non-hydrogen) atoms. The van der Waals surface area contributed by atoms with Crippen LogP contribution in [-0.2, 0) is 11.3 Å². The Labute approximate surface area is 243 Å². The van der Waals surface area contributed by atoms with Gasteiger partial charge in [0.25, 0.3) is 0 Å². The fraction of sp³-hybridized carbons (Fsp3) is 0.152. The number of anilines is 1. The van der Waals surface area contributed by atoms with Crippen molar-refractivity contribution in [3.05, 3.63) is 126 Å². The molecule has 9 heteroatoms. The molecule has 4 aromatic rings. The number of para-hydroxylation sites is 1. The second-order valence-corrected chi connectivity index (χ2v) is 9.58. The van der Waals surface area contributed by atoms with Crippen molar-refractivity contribution >= 4 is 23.3 Å². The van der Waals surface area contributed by atoms with Gasteiger partial charge in [0.05, 0.1) is 17.8 Å². The first-order valence-electron chi connectivity index (χ1n) is 13.4. The Hall–Kier alpha value is -5.49. The number of hydrogen-bond acceptors (Lipinski definition) is 7. The van der Waals surface area contributed by atoms with Crippen molar-refractivity contribution in [2.75, 3.05) is 11.9 Å². The summed E-state index contributed by atoms with van der Waals surface area (Å²) in [5, 5.41) is 24.9. The Bertz CT molecular complexity index is 1620. The molecule has 0 saturated heterocycles. The van der Waals surface area contributed by atoms with Gasteiger partial charge in [-0.2, -0.15) is 5.26 Å². The first-order chi connectivity index (χ1) is 20.5. The lowest BCUT2D eigenvalue weighted by Gasteiger charge is -2.28. The molecule has 5 rings (SSSR count). The molecule has 0 bridgehead atoms. The van der Waals surface area contributed by atoms with E-state index in [4.69, 9.17) is 14.9 Å². The first-order valence-corrected chi connectivity index (χ1v) is 13.4. The Balaban J connectivity index is 1.24. The van der Waals surface area contributed by atoms with Gasteiger partial charge < -0.3 is 20.2 Å². The number of halogens is 1. The van der Waals surface area contributed by atoms with Gasteiger partial charge in [0, 0.05) is 12.2 Å². The number of carbonyl (C=O) groups excluding carboxylic acids is 1. The molecule has 210 valence electrons. The smallest absolute Gasteiger partial charge is 0.411 e. The predicted octanol–water partition coefficient (Wildman–Crippen LogP) is 7.01. The molecule has 1 heterocycles. The number of nitrogens with zero attached hydrogens (tertiary/aromatic N) is 2. The van der Waals surface area contributed by atoms with E-state index in [2.05, 4.69) is 21.7 Å². The zero-order chi connectivity index (χ0) is 29.3. The fourth-order valence-corrected chi connectivity index (χ4v) is 4.57. The summed E-state index contributed by atoms with van der Waals surface area (Å²) in [7, 11) is 0. The number of amides is 1. The van der Waals surface area contributed by atoms with E-state index in [-0.39, 0.29) is 24.2 Å². The average molecular weight is 562 g/mol. The van der Waals surface area contributed by atoms with Crippen LogP contribution in [0, 0.1) is 28.5 Å². The van der Waals surface area contributed by atoms with Crippen LogP contribution in [0.5, 0.6) is 11.5 Å². The second kappa shape index (κ2) is 13.2. The third-order valence-electron chi connectivity index (χ3n) is 6.71. The molecule has 8 nitrogen and oxygen atoms in total. The number of carbonyl (C=O) groups is 1. The van der Waals surface area contributed by atoms with Crippen molar-refractivity contribution in [1.82, 2.24) is 5.32 Å². The van der Waals surface area contributed by atoms with Crippen LogP contribution in [0.15, 0.2) is 108 Å². The SMILES string of the molecule is N#CC(C(=N)c1ccc(Oc2ccc(F)cc2)cc1)C1=NCCC(c2ccccc2NC(=O)OCc2ccccc2)N1. The topological polar surface area (TPSA) is 120 Å². The molecule has 3 N–H and O–H groups in total. The van der Waals surface area contributed by atoms with E-state index >= 15 is 0 Å². The van der Waals surface area contributed by atoms with Crippen molar-refractivity contribution in [2.45, 2.75) is 19.1 Å². The molecule has 0 spiro atoms. The van der Waals surface area contributed by atoms with E-state index in [1.807, 2.05) is 48.5 Å². The van der Waals surface area contributed by atoms with Crippen LogP contribution < -0.4 is 15.4 Å². The number of ether oxygens (including phenoxy) is 2. The number of benzene rings is 4. The molecule has 1 aliphatic rings. The van der Waals surface area contributed by atoms with Gasteiger partial charge in [-0.1, -0.05) is 48.5 Å². The minimum absolute atomic E-state index is 0.0913. The number of aliphatic imine (C=N–C) groups is 1. The van der Waals surface area contributed by atoms with Crippen LogP contribution in [0.2, 0.25) is 0 Å². The molecule has 1 amide bonds. The van der Waals surface area contributed by atoms with Crippen molar-refractivity contribution in [1.29, 1.82) is 10.7 Å². The summed E-state index contributed by atoms with van der Waals surface area (Å²) in [5.41, 5.74) is 2.94. The number of amidine groups is 1. The van der Waals surface area contributed by atoms with Gasteiger partial charge in [0.2, 0.25) is 0 Å². The van der Waals surface area contributed by atoms with E-state index in [1.165, 1.54) is 24.3 Å². The fourth-order valence-electron chi connectivity index (χ4n) is 4.57. The highest BCUT2D eigenvalue weighted by molar-refractivity contribution is 6.15. The van der Waals surface area contributed by atoms with Crippen LogP contribution in [0.3, 0.4) is 0 Å². The zero-order valence-electron chi connectivity index (χ0n) is 22.6. The highest BCUT2D eigenvalue weighted by atomic mass is 19.1. The molecular weight excluding hydrogens is 533 g/mol. The number of nitriles is 1. The summed E-state index contributed by atoms with van der Waals surface area (Å²) >= 11 is 0. The van der Waals surface area contributed by atoms with Gasteiger partial charge in [-0.3, -0.25) is 10.3 Å². The van der Waals surface area contributed by atoms with Gasteiger partial charge in [0.15, 0.2) is 0 Å². The number of hydrogen-bond donors (Lipinski definition) is 3. The molecule has 1 aliphatic heterocycles. The lowest BCUT2D eigenvalue weighted by atomic mass is 9.93. The van der Waals surface area contributed by atoms with Crippen LogP contribution >= 0.6 is 0 Å². The summed E-state index contributed by atoms with van der Waals surface area (Å²) < 4.78 is 24.3. The Morgan fingerprint density at radius 1 is 1.00 bits per heavy atom. The summed E-state index contributed by atoms with van der Waals surface area (Å²) in [6.45, 7) is 0.605. The van der Waals surface area contributed by atoms with Gasteiger partial charge in [-0.05, 0) is 77.7 Å². The molecule has 0 fully saturated rings. The Morgan fingerprint density at radius 2 is 1.67 bits per heavy atom. The van der Waals surface area contributed by atoms with Crippen LogP contribution in [0.25, 0.3) is 0 Å². The van der Waals surface area contributed by atoms with Crippen LogP contribution in [-0.4, -0.2) is 24.2 Å². The third-order valence-corrected chi connectivity index (χ3v) is 6.71. The van der Waals surface area contributed by atoms with Gasteiger partial charge in [-0.15, -0.1) is 0 Å². The maximum atomic E-state index is 13.2. The maximum absolute atomic E-state index is 13.2. The van der Waals surface area contributed by atoms with Crippen molar-refractivity contribution < 1.29 is 18.7 Å². The Morgan fingerprint density at radius 3 is 2.38 bits per heavy atom. The predicted molar refractivity (Wildman–Crippen MR) is 158 cm³/mol. The second-order valence-electron chi connectivity index (χ2n) is 9.58. The highest BCUT2D eigenvalue weighted by Gasteiger charge is 2.28. The molecular formula is C33H28FN5O3. The summed E-state index contributed by atoms with van der Waals surface area (Å²) in [6.07, 6.45) is 0.0712. The average Bonchev–Trinajstić information content (AvgIpc) is 3.03. The lowest BCUT2D eigenvalue weighted by molar-refractivity contribution is 0.155. The summed E-state index contributed by atoms with van der Waals surface area (Å²) in [5.74, 6) is 0.127. The first kappa shape index (κ1) is 28.1. The monoisotopic (exact) mass is 561 g/mol. The Kier molecular flexibility index (Phi) is 8.85. The van der Waals surface area contributed by atoms with E-state index in [0.29, 0.717) is 41.6 Å². The minimum Gasteiger partial charge on any atom is -0.457 e. The molecule has 4 aromatic carbocycles. The zero-order valence-corrected chi connectivity index (χ0v) is 22.6. The number of rotatable bonds is 9. The maximum Gasteiger partial charge on any atom is 0.411 e. The minimum atomic E-state index is -0.923. The van der Waals surface area contributed by atoms with Crippen LogP contribution in [0.4, 0.5) is 14.9 Å². The van der Waals surface area contributed by atoms with Crippen molar-refractivity contribution in [3.63, 3.8) is 0 Å². The van der Waals surface area contributed by atoms with Crippen LogP contribution in [0.1, 0.15) is 29.2 Å². The van der Waals surface area contributed by atoms with Gasteiger partial charge in [0.1, 0.15) is 35.7 Å². The van der Waals surface area contributed by atoms with Crippen molar-refractivity contribution in [2.24, 2.45) is 10.9 Å². The standard InChI is InChI=1S/C33H28FN5O3/c34-24-12-16-26(17-13-24)42-25-14-10-23(11-15-25)31(36)28(20-35)32-37-19-18-30(38-32)27-8-4-5-9-29(27)39-33(40)41-21-22-6-2-1-3-7-22/h1-17,28,30,36H,18-19,21H2,(H,37,38)(H,39,40). The highest BCUT2D eigenvalue weighted by Crippen LogP contribution is 2.29. The lowest BCUT2D eigenvalue weighted by Crippen LogP contribution is -2.40. The quantitative estimate of drug-likeness (QED) is 0.190. The normalized spacial score (nSPS) is 14.9.